The zero-order valence-corrected chi connectivity index (χ0v) is 12.5. The van der Waals surface area contributed by atoms with Crippen LogP contribution in [-0.2, 0) is 0 Å². The minimum Gasteiger partial charge on any atom is -0.290 e. The van der Waals surface area contributed by atoms with Crippen LogP contribution in [0.3, 0.4) is 0 Å². The highest BCUT2D eigenvalue weighted by atomic mass is 35.5. The second kappa shape index (κ2) is 6.32. The van der Waals surface area contributed by atoms with E-state index in [0.29, 0.717) is 17.3 Å². The second-order valence-corrected chi connectivity index (χ2v) is 6.76. The zero-order valence-electron chi connectivity index (χ0n) is 10.2. The van der Waals surface area contributed by atoms with Gasteiger partial charge in [-0.1, -0.05) is 77.8 Å². The molecule has 0 unspecified atom stereocenters. The first-order valence-corrected chi connectivity index (χ1v) is 7.27. The summed E-state index contributed by atoms with van der Waals surface area (Å²) in [5, 5.41) is 10.3. The Kier molecular flexibility index (Phi) is 4.72. The van der Waals surface area contributed by atoms with Crippen LogP contribution in [0.15, 0.2) is 54.6 Å². The van der Waals surface area contributed by atoms with E-state index in [0.717, 1.165) is 11.1 Å². The van der Waals surface area contributed by atoms with Gasteiger partial charge < -0.3 is 0 Å². The Bertz CT molecular complexity index is 648. The Labute approximate surface area is 131 Å². The highest BCUT2D eigenvalue weighted by molar-refractivity contribution is 8.08. The van der Waals surface area contributed by atoms with Gasteiger partial charge in [0.05, 0.1) is 0 Å². The summed E-state index contributed by atoms with van der Waals surface area (Å²) in [7, 11) is 0. The molecule has 0 spiro atoms. The first-order valence-electron chi connectivity index (χ1n) is 5.70. The fraction of sp³-hybridized carbons (Fsp3) is 0.0667. The van der Waals surface area contributed by atoms with Crippen LogP contribution in [0.5, 0.6) is 0 Å². The number of carbonyl (C=O) groups is 1. The van der Waals surface area contributed by atoms with E-state index in [1.54, 1.807) is 17.5 Å². The lowest BCUT2D eigenvalue weighted by molar-refractivity contribution is 0.0998. The van der Waals surface area contributed by atoms with E-state index in [2.05, 4.69) is 0 Å². The van der Waals surface area contributed by atoms with Crippen molar-refractivity contribution in [3.05, 3.63) is 60.2 Å². The highest BCUT2D eigenvalue weighted by Gasteiger charge is 2.35. The van der Waals surface area contributed by atoms with E-state index < -0.39 is 9.45 Å². The molecule has 2 rings (SSSR count). The number of nitrogens with zero attached hydrogens (tertiary/aromatic N) is 1. The van der Waals surface area contributed by atoms with Crippen molar-refractivity contribution in [2.75, 3.05) is 0 Å². The number of rotatable bonds is 4. The van der Waals surface area contributed by atoms with E-state index in [-0.39, 0.29) is 0 Å². The van der Waals surface area contributed by atoms with Crippen LogP contribution in [0.2, 0.25) is 0 Å². The van der Waals surface area contributed by atoms with Crippen molar-refractivity contribution in [3.8, 4) is 16.5 Å². The van der Waals surface area contributed by atoms with Gasteiger partial charge in [-0.05, 0) is 11.1 Å². The minimum absolute atomic E-state index is 0.373. The molecule has 2 aromatic rings. The number of ketones is 1. The maximum absolute atomic E-state index is 12.1. The number of Topliss-reactive ketones (excluding diaryl/α,β-unsaturated/α-hetero) is 1. The third-order valence-corrected chi connectivity index (χ3v) is 4.03. The van der Waals surface area contributed by atoms with Gasteiger partial charge >= 0.3 is 0 Å². The van der Waals surface area contributed by atoms with Crippen molar-refractivity contribution in [2.45, 2.75) is 3.67 Å². The number of carbonyl (C=O) groups excluding carboxylic acids is 1. The van der Waals surface area contributed by atoms with Crippen molar-refractivity contribution in [3.63, 3.8) is 0 Å². The molecule has 0 amide bonds. The molecule has 0 fully saturated rings. The van der Waals surface area contributed by atoms with Crippen LogP contribution in [-0.4, -0.2) is 9.45 Å². The Balaban J connectivity index is 2.25. The number of hydrogen-bond acceptors (Lipinski definition) is 3. The van der Waals surface area contributed by atoms with Gasteiger partial charge in [0.1, 0.15) is 5.40 Å². The van der Waals surface area contributed by atoms with Crippen molar-refractivity contribution >= 4 is 40.7 Å². The molecule has 0 bridgehead atoms. The zero-order chi connectivity index (χ0) is 14.6. The molecule has 0 aliphatic carbocycles. The molecule has 0 aliphatic heterocycles. The van der Waals surface area contributed by atoms with Crippen LogP contribution in [0, 0.1) is 10.7 Å². The number of thiocyanates is 1. The van der Waals surface area contributed by atoms with E-state index in [1.165, 1.54) is 0 Å². The standard InChI is InChI=1S/C15H9Cl2NOS/c16-15(17,20-10-18)14(19)13-8-6-12(7-9-13)11-4-2-1-3-5-11/h1-9H. The third-order valence-electron chi connectivity index (χ3n) is 2.69. The predicted molar refractivity (Wildman–Crippen MR) is 83.8 cm³/mol. The second-order valence-electron chi connectivity index (χ2n) is 3.98. The Morgan fingerprint density at radius 2 is 1.55 bits per heavy atom. The summed E-state index contributed by atoms with van der Waals surface area (Å²) in [5.74, 6) is -0.494. The molecule has 0 atom stereocenters. The van der Waals surface area contributed by atoms with Crippen molar-refractivity contribution in [1.29, 1.82) is 5.26 Å². The van der Waals surface area contributed by atoms with Gasteiger partial charge in [0.15, 0.2) is 0 Å². The molecule has 0 heterocycles. The molecular weight excluding hydrogens is 313 g/mol. The lowest BCUT2D eigenvalue weighted by Crippen LogP contribution is -2.21. The van der Waals surface area contributed by atoms with Gasteiger partial charge in [-0.15, -0.1) is 0 Å². The molecule has 2 nitrogen and oxygen atoms in total. The van der Waals surface area contributed by atoms with Crippen LogP contribution in [0.4, 0.5) is 0 Å². The minimum atomic E-state index is -1.77. The third kappa shape index (κ3) is 3.34. The van der Waals surface area contributed by atoms with Gasteiger partial charge in [-0.25, -0.2) is 0 Å². The summed E-state index contributed by atoms with van der Waals surface area (Å²) in [6, 6.07) is 16.7. The molecule has 5 heteroatoms. The average Bonchev–Trinajstić information content (AvgIpc) is 2.47. The fourth-order valence-corrected chi connectivity index (χ4v) is 2.47. The molecule has 20 heavy (non-hydrogen) atoms. The van der Waals surface area contributed by atoms with Gasteiger partial charge in [0.2, 0.25) is 9.45 Å². The first kappa shape index (κ1) is 14.9. The largest absolute Gasteiger partial charge is 0.290 e. The summed E-state index contributed by atoms with van der Waals surface area (Å²) in [6.45, 7) is 0. The van der Waals surface area contributed by atoms with Gasteiger partial charge in [0, 0.05) is 17.3 Å². The number of nitriles is 1. The number of alkyl halides is 2. The van der Waals surface area contributed by atoms with E-state index in [9.17, 15) is 4.79 Å². The molecule has 2 aromatic carbocycles. The number of hydrogen-bond donors (Lipinski definition) is 0. The van der Waals surface area contributed by atoms with E-state index >= 15 is 0 Å². The summed E-state index contributed by atoms with van der Waals surface area (Å²) in [4.78, 5) is 12.1. The molecule has 0 saturated heterocycles. The number of benzene rings is 2. The smallest absolute Gasteiger partial charge is 0.238 e. The van der Waals surface area contributed by atoms with Crippen LogP contribution < -0.4 is 0 Å². The van der Waals surface area contributed by atoms with Gasteiger partial charge in [-0.2, -0.15) is 5.26 Å². The lowest BCUT2D eigenvalue weighted by Gasteiger charge is -2.13. The summed E-state index contributed by atoms with van der Waals surface area (Å²) < 4.78 is -1.77. The molecular formula is C15H9Cl2NOS. The molecule has 0 N–H and O–H groups in total. The van der Waals surface area contributed by atoms with Crippen LogP contribution in [0.1, 0.15) is 10.4 Å². The maximum Gasteiger partial charge on any atom is 0.238 e. The fourth-order valence-electron chi connectivity index (χ4n) is 1.72. The molecule has 0 saturated carbocycles. The quantitative estimate of drug-likeness (QED) is 0.457. The highest BCUT2D eigenvalue weighted by Crippen LogP contribution is 2.37. The normalized spacial score (nSPS) is 10.8. The first-order chi connectivity index (χ1) is 9.54. The summed E-state index contributed by atoms with van der Waals surface area (Å²) in [6.07, 6.45) is 0. The van der Waals surface area contributed by atoms with Crippen molar-refractivity contribution in [1.82, 2.24) is 0 Å². The maximum atomic E-state index is 12.1. The Morgan fingerprint density at radius 1 is 1.00 bits per heavy atom. The van der Waals surface area contributed by atoms with Gasteiger partial charge in [-0.3, -0.25) is 4.79 Å². The molecule has 0 radical (unpaired) electrons. The van der Waals surface area contributed by atoms with Crippen molar-refractivity contribution in [2.24, 2.45) is 0 Å². The topological polar surface area (TPSA) is 40.9 Å². The van der Waals surface area contributed by atoms with Crippen molar-refractivity contribution < 1.29 is 4.79 Å². The monoisotopic (exact) mass is 321 g/mol. The molecule has 100 valence electrons. The predicted octanol–water partition coefficient (Wildman–Crippen LogP) is 4.88. The lowest BCUT2D eigenvalue weighted by atomic mass is 10.0. The molecule has 0 aromatic heterocycles. The van der Waals surface area contributed by atoms with Gasteiger partial charge in [0.25, 0.3) is 0 Å². The SMILES string of the molecule is N#CSC(Cl)(Cl)C(=O)c1ccc(-c2ccccc2)cc1. The Hall–Kier alpha value is -1.47. The van der Waals surface area contributed by atoms with E-state index in [1.807, 2.05) is 42.5 Å². The van der Waals surface area contributed by atoms with Crippen LogP contribution >= 0.6 is 35.0 Å². The van der Waals surface area contributed by atoms with E-state index in [4.69, 9.17) is 28.5 Å². The molecule has 0 aliphatic rings. The summed E-state index contributed by atoms with van der Waals surface area (Å²) in [5.41, 5.74) is 2.42. The van der Waals surface area contributed by atoms with Crippen LogP contribution in [0.25, 0.3) is 11.1 Å². The number of halogens is 2. The Morgan fingerprint density at radius 3 is 2.10 bits per heavy atom. The summed E-state index contributed by atoms with van der Waals surface area (Å²) >= 11 is 12.2. The number of thioether (sulfide) groups is 1. The average molecular weight is 322 g/mol.